The van der Waals surface area contributed by atoms with Gasteiger partial charge in [-0.1, -0.05) is 170 Å². The molecule has 0 saturated heterocycles. The Morgan fingerprint density at radius 1 is 0.214 bits per heavy atom. The first-order chi connectivity index (χ1) is 34.7. The van der Waals surface area contributed by atoms with Gasteiger partial charge in [0, 0.05) is 73.3 Å². The Morgan fingerprint density at radius 3 is 1.01 bits per heavy atom. The normalized spacial score (nSPS) is 12.0. The lowest BCUT2D eigenvalue weighted by atomic mass is 9.97. The molecule has 15 rings (SSSR count). The molecule has 0 aliphatic carbocycles. The van der Waals surface area contributed by atoms with Gasteiger partial charge < -0.3 is 18.6 Å². The Bertz CT molecular complexity index is 4320. The van der Waals surface area contributed by atoms with Crippen LogP contribution in [-0.2, 0) is 0 Å². The molecular weight excluding hydrogens is 853 g/mol. The van der Waals surface area contributed by atoms with Gasteiger partial charge in [-0.3, -0.25) is 0 Å². The highest BCUT2D eigenvalue weighted by atomic mass is 16.3. The van der Waals surface area contributed by atoms with Crippen LogP contribution < -0.4 is 9.80 Å². The van der Waals surface area contributed by atoms with E-state index in [-0.39, 0.29) is 0 Å². The van der Waals surface area contributed by atoms with Crippen molar-refractivity contribution in [1.82, 2.24) is 0 Å². The molecule has 70 heavy (non-hydrogen) atoms. The maximum absolute atomic E-state index is 6.99. The second-order valence-electron chi connectivity index (χ2n) is 18.4. The SMILES string of the molecule is c1ccc(N(c2ccc3ccc4ccccc4c3c2)c2cc3oc4cc5oc6cc(N(c7ccccc7)c7ccc8ccc9ccccc9c8c7)c7ccccc7c6c5cc4c3c3ccccc23)cc1. The van der Waals surface area contributed by atoms with Crippen molar-refractivity contribution in [3.05, 3.63) is 243 Å². The summed E-state index contributed by atoms with van der Waals surface area (Å²) < 4.78 is 14.0. The molecule has 0 unspecified atom stereocenters. The van der Waals surface area contributed by atoms with Gasteiger partial charge >= 0.3 is 0 Å². The number of furan rings is 2. The van der Waals surface area contributed by atoms with Crippen LogP contribution in [0.1, 0.15) is 0 Å². The van der Waals surface area contributed by atoms with Gasteiger partial charge in [-0.2, -0.15) is 0 Å². The Balaban J connectivity index is 0.943. The molecule has 15 aromatic rings. The predicted molar refractivity (Wildman–Crippen MR) is 295 cm³/mol. The van der Waals surface area contributed by atoms with Gasteiger partial charge in [-0.15, -0.1) is 0 Å². The lowest BCUT2D eigenvalue weighted by molar-refractivity contribution is 0.656. The Morgan fingerprint density at radius 2 is 0.571 bits per heavy atom. The molecule has 0 saturated carbocycles. The van der Waals surface area contributed by atoms with E-state index in [9.17, 15) is 0 Å². The Hall–Kier alpha value is -9.38. The standard InChI is InChI=1S/C66H40N2O2/c1-3-17-45(18-4-1)67(47-33-31-43-29-27-41-15-7-9-21-49(41)55(43)35-47)59-38-63-65(53-25-13-11-23-51(53)59)57-37-58-62(40-61(57)69-63)70-64-39-60(52-24-12-14-26-54(52)66(58)64)68(46-19-5-2-6-20-46)48-34-32-44-30-28-42-16-8-10-22-50(42)56(44)36-48/h1-40H. The first kappa shape index (κ1) is 38.7. The molecule has 4 nitrogen and oxygen atoms in total. The smallest absolute Gasteiger partial charge is 0.139 e. The van der Waals surface area contributed by atoms with E-state index in [4.69, 9.17) is 8.83 Å². The van der Waals surface area contributed by atoms with E-state index in [2.05, 4.69) is 252 Å². The lowest BCUT2D eigenvalue weighted by Gasteiger charge is -2.27. The van der Waals surface area contributed by atoms with Crippen LogP contribution in [0.25, 0.3) is 109 Å². The molecule has 4 heteroatoms. The van der Waals surface area contributed by atoms with E-state index >= 15 is 0 Å². The van der Waals surface area contributed by atoms with Gasteiger partial charge in [0.05, 0.1) is 11.4 Å². The summed E-state index contributed by atoms with van der Waals surface area (Å²) in [6.45, 7) is 0. The molecule has 2 heterocycles. The van der Waals surface area contributed by atoms with Crippen LogP contribution in [0.5, 0.6) is 0 Å². The van der Waals surface area contributed by atoms with Crippen molar-refractivity contribution in [3.8, 4) is 0 Å². The van der Waals surface area contributed by atoms with Crippen LogP contribution in [-0.4, -0.2) is 0 Å². The second-order valence-corrected chi connectivity index (χ2v) is 18.4. The number of rotatable bonds is 6. The number of hydrogen-bond acceptors (Lipinski definition) is 4. The minimum atomic E-state index is 0.783. The number of benzene rings is 13. The van der Waals surface area contributed by atoms with Crippen molar-refractivity contribution in [1.29, 1.82) is 0 Å². The minimum Gasteiger partial charge on any atom is -0.456 e. The highest BCUT2D eigenvalue weighted by Crippen LogP contribution is 2.49. The van der Waals surface area contributed by atoms with Crippen LogP contribution in [0.2, 0.25) is 0 Å². The molecule has 0 amide bonds. The molecule has 0 aliphatic heterocycles. The Kier molecular flexibility index (Phi) is 8.33. The number of nitrogens with zero attached hydrogens (tertiary/aromatic N) is 2. The van der Waals surface area contributed by atoms with Gasteiger partial charge in [0.25, 0.3) is 0 Å². The lowest BCUT2D eigenvalue weighted by Crippen LogP contribution is -2.10. The summed E-state index contributed by atoms with van der Waals surface area (Å²) in [6.07, 6.45) is 0. The van der Waals surface area contributed by atoms with E-state index in [1.807, 2.05) is 0 Å². The molecule has 0 aliphatic rings. The van der Waals surface area contributed by atoms with Crippen LogP contribution in [0, 0.1) is 0 Å². The molecule has 0 fully saturated rings. The third-order valence-electron chi connectivity index (χ3n) is 14.5. The molecular formula is C66H40N2O2. The van der Waals surface area contributed by atoms with Crippen molar-refractivity contribution in [3.63, 3.8) is 0 Å². The van der Waals surface area contributed by atoms with Gasteiger partial charge in [0.15, 0.2) is 0 Å². The average Bonchev–Trinajstić information content (AvgIpc) is 3.97. The van der Waals surface area contributed by atoms with Crippen molar-refractivity contribution < 1.29 is 8.83 Å². The van der Waals surface area contributed by atoms with E-state index in [0.717, 1.165) is 99.5 Å². The topological polar surface area (TPSA) is 32.8 Å². The fourth-order valence-corrected chi connectivity index (χ4v) is 11.4. The fraction of sp³-hybridized carbons (Fsp3) is 0. The zero-order valence-electron chi connectivity index (χ0n) is 37.8. The molecule has 0 bridgehead atoms. The van der Waals surface area contributed by atoms with Gasteiger partial charge in [-0.05, 0) is 108 Å². The maximum Gasteiger partial charge on any atom is 0.139 e. The summed E-state index contributed by atoms with van der Waals surface area (Å²) in [5, 5.41) is 18.6. The fourth-order valence-electron chi connectivity index (χ4n) is 11.4. The summed E-state index contributed by atoms with van der Waals surface area (Å²) in [6, 6.07) is 87.4. The third kappa shape index (κ3) is 5.84. The average molecular weight is 893 g/mol. The number of anilines is 6. The quantitative estimate of drug-likeness (QED) is 0.156. The predicted octanol–water partition coefficient (Wildman–Crippen LogP) is 19.3. The molecule has 0 radical (unpaired) electrons. The number of fused-ring (bicyclic) bond motifs is 16. The summed E-state index contributed by atoms with van der Waals surface area (Å²) >= 11 is 0. The zero-order valence-corrected chi connectivity index (χ0v) is 37.8. The largest absolute Gasteiger partial charge is 0.456 e. The molecule has 0 spiro atoms. The number of para-hydroxylation sites is 2. The van der Waals surface area contributed by atoms with Crippen molar-refractivity contribution in [2.24, 2.45) is 0 Å². The highest BCUT2D eigenvalue weighted by Gasteiger charge is 2.24. The monoisotopic (exact) mass is 892 g/mol. The van der Waals surface area contributed by atoms with E-state index < -0.39 is 0 Å². The first-order valence-electron chi connectivity index (χ1n) is 23.9. The van der Waals surface area contributed by atoms with Gasteiger partial charge in [0.1, 0.15) is 22.3 Å². The summed E-state index contributed by atoms with van der Waals surface area (Å²) in [5.74, 6) is 0. The van der Waals surface area contributed by atoms with Crippen molar-refractivity contribution >= 4 is 143 Å². The minimum absolute atomic E-state index is 0.783. The van der Waals surface area contributed by atoms with Crippen LogP contribution >= 0.6 is 0 Å². The Labute approximate surface area is 402 Å². The first-order valence-corrected chi connectivity index (χ1v) is 23.9. The maximum atomic E-state index is 6.99. The van der Waals surface area contributed by atoms with Crippen molar-refractivity contribution in [2.45, 2.75) is 0 Å². The van der Waals surface area contributed by atoms with Crippen LogP contribution in [0.3, 0.4) is 0 Å². The zero-order chi connectivity index (χ0) is 45.9. The van der Waals surface area contributed by atoms with E-state index in [1.54, 1.807) is 0 Å². The van der Waals surface area contributed by atoms with Crippen molar-refractivity contribution in [2.75, 3.05) is 9.80 Å². The number of hydrogen-bond donors (Lipinski definition) is 0. The molecule has 2 aromatic heterocycles. The van der Waals surface area contributed by atoms with Crippen LogP contribution in [0.15, 0.2) is 251 Å². The molecule has 0 N–H and O–H groups in total. The van der Waals surface area contributed by atoms with E-state index in [1.165, 1.54) is 43.1 Å². The summed E-state index contributed by atoms with van der Waals surface area (Å²) in [7, 11) is 0. The molecule has 326 valence electrons. The molecule has 13 aromatic carbocycles. The third-order valence-corrected chi connectivity index (χ3v) is 14.5. The summed E-state index contributed by atoms with van der Waals surface area (Å²) in [4.78, 5) is 4.75. The second kappa shape index (κ2) is 15.1. The van der Waals surface area contributed by atoms with Gasteiger partial charge in [0.2, 0.25) is 0 Å². The van der Waals surface area contributed by atoms with E-state index in [0.29, 0.717) is 0 Å². The highest BCUT2D eigenvalue weighted by molar-refractivity contribution is 6.28. The summed E-state index contributed by atoms with van der Waals surface area (Å²) in [5.41, 5.74) is 9.58. The van der Waals surface area contributed by atoms with Gasteiger partial charge in [-0.25, -0.2) is 0 Å². The molecule has 0 atom stereocenters. The van der Waals surface area contributed by atoms with Crippen LogP contribution in [0.4, 0.5) is 34.1 Å².